The van der Waals surface area contributed by atoms with E-state index < -0.39 is 28.0 Å². The topological polar surface area (TPSA) is 59.5 Å². The van der Waals surface area contributed by atoms with Gasteiger partial charge in [-0.2, -0.15) is 17.5 Å². The number of nitrogens with zero attached hydrogens (tertiary/aromatic N) is 2. The Morgan fingerprint density at radius 2 is 2.00 bits per heavy atom. The molecular weight excluding hydrogens is 377 g/mol. The Hall–Kier alpha value is -1.65. The van der Waals surface area contributed by atoms with E-state index >= 15 is 0 Å². The maximum atomic E-state index is 12.6. The highest BCUT2D eigenvalue weighted by atomic mass is 32.2. The molecule has 1 aliphatic heterocycles. The standard InChI is InChI=1S/C15H15F3N2O3S2/c1-2-11-6-7-14(24-11)25(21,22)20-8-10(9-20)23-13-5-3-4-12(19-13)15(16,17)18/h3-7,10H,2,8-9H2,1H3. The second-order valence-electron chi connectivity index (χ2n) is 5.50. The van der Waals surface area contributed by atoms with E-state index in [0.717, 1.165) is 17.4 Å². The molecule has 2 aromatic heterocycles. The van der Waals surface area contributed by atoms with Crippen LogP contribution in [0.15, 0.2) is 34.5 Å². The number of alkyl halides is 3. The molecule has 0 N–H and O–H groups in total. The fourth-order valence-corrected chi connectivity index (χ4v) is 5.25. The van der Waals surface area contributed by atoms with E-state index in [2.05, 4.69) is 4.98 Å². The van der Waals surface area contributed by atoms with Gasteiger partial charge in [-0.05, 0) is 24.6 Å². The Morgan fingerprint density at radius 3 is 2.60 bits per heavy atom. The first-order valence-corrected chi connectivity index (χ1v) is 9.75. The molecule has 5 nitrogen and oxygen atoms in total. The first-order valence-electron chi connectivity index (χ1n) is 7.50. The lowest BCUT2D eigenvalue weighted by Gasteiger charge is -2.37. The van der Waals surface area contributed by atoms with E-state index in [4.69, 9.17) is 4.74 Å². The highest BCUT2D eigenvalue weighted by Gasteiger charge is 2.39. The van der Waals surface area contributed by atoms with Crippen molar-refractivity contribution in [2.45, 2.75) is 29.8 Å². The molecule has 0 radical (unpaired) electrons. The summed E-state index contributed by atoms with van der Waals surface area (Å²) < 4.78 is 69.7. The second-order valence-corrected chi connectivity index (χ2v) is 8.83. The molecule has 0 aliphatic carbocycles. The SMILES string of the molecule is CCc1ccc(S(=O)(=O)N2CC(Oc3cccc(C(F)(F)F)n3)C2)s1. The van der Waals surface area contributed by atoms with Gasteiger partial charge in [-0.1, -0.05) is 13.0 Å². The number of pyridine rings is 1. The van der Waals surface area contributed by atoms with Crippen LogP contribution in [0.5, 0.6) is 5.88 Å². The molecule has 0 atom stereocenters. The van der Waals surface area contributed by atoms with Crippen LogP contribution < -0.4 is 4.74 Å². The molecule has 1 saturated heterocycles. The normalized spacial score (nSPS) is 16.6. The third kappa shape index (κ3) is 3.80. The van der Waals surface area contributed by atoms with E-state index in [0.29, 0.717) is 0 Å². The number of aryl methyl sites for hydroxylation is 1. The minimum absolute atomic E-state index is 0.0830. The summed E-state index contributed by atoms with van der Waals surface area (Å²) in [7, 11) is -3.58. The molecular formula is C15H15F3N2O3S2. The summed E-state index contributed by atoms with van der Waals surface area (Å²) in [5.41, 5.74) is -1.04. The van der Waals surface area contributed by atoms with Gasteiger partial charge in [-0.15, -0.1) is 11.3 Å². The van der Waals surface area contributed by atoms with Crippen molar-refractivity contribution in [2.75, 3.05) is 13.1 Å². The summed E-state index contributed by atoms with van der Waals surface area (Å²) in [6.07, 6.45) is -4.31. The fourth-order valence-electron chi connectivity index (χ4n) is 2.29. The molecule has 3 rings (SSSR count). The lowest BCUT2D eigenvalue weighted by atomic mass is 10.2. The van der Waals surface area contributed by atoms with Gasteiger partial charge >= 0.3 is 6.18 Å². The smallest absolute Gasteiger partial charge is 0.433 e. The number of thiophene rings is 1. The number of hydrogen-bond donors (Lipinski definition) is 0. The van der Waals surface area contributed by atoms with Crippen LogP contribution in [0.4, 0.5) is 13.2 Å². The maximum Gasteiger partial charge on any atom is 0.433 e. The molecule has 136 valence electrons. The van der Waals surface area contributed by atoms with E-state index in [-0.39, 0.29) is 23.2 Å². The molecule has 0 amide bonds. The Kier molecular flexibility index (Phi) is 4.78. The predicted octanol–water partition coefficient (Wildman–Crippen LogP) is 3.18. The zero-order valence-electron chi connectivity index (χ0n) is 13.2. The van der Waals surface area contributed by atoms with Crippen LogP contribution in [-0.2, 0) is 22.6 Å². The van der Waals surface area contributed by atoms with Crippen molar-refractivity contribution >= 4 is 21.4 Å². The van der Waals surface area contributed by atoms with Crippen molar-refractivity contribution < 1.29 is 26.3 Å². The van der Waals surface area contributed by atoms with Gasteiger partial charge in [0.2, 0.25) is 5.88 Å². The van der Waals surface area contributed by atoms with Crippen LogP contribution >= 0.6 is 11.3 Å². The molecule has 0 spiro atoms. The molecule has 0 bridgehead atoms. The van der Waals surface area contributed by atoms with Crippen LogP contribution in [0.1, 0.15) is 17.5 Å². The summed E-state index contributed by atoms with van der Waals surface area (Å²) in [4.78, 5) is 4.38. The zero-order valence-corrected chi connectivity index (χ0v) is 14.8. The third-order valence-electron chi connectivity index (χ3n) is 3.70. The summed E-state index contributed by atoms with van der Waals surface area (Å²) >= 11 is 1.22. The summed E-state index contributed by atoms with van der Waals surface area (Å²) in [6.45, 7) is 2.11. The second kappa shape index (κ2) is 6.58. The van der Waals surface area contributed by atoms with Crippen LogP contribution in [0.3, 0.4) is 0 Å². The molecule has 0 unspecified atom stereocenters. The molecule has 25 heavy (non-hydrogen) atoms. The molecule has 3 heterocycles. The van der Waals surface area contributed by atoms with Crippen molar-refractivity contribution in [1.82, 2.24) is 9.29 Å². The Morgan fingerprint density at radius 1 is 1.28 bits per heavy atom. The highest BCUT2D eigenvalue weighted by molar-refractivity contribution is 7.91. The van der Waals surface area contributed by atoms with Crippen LogP contribution in [-0.4, -0.2) is 36.9 Å². The quantitative estimate of drug-likeness (QED) is 0.784. The summed E-state index contributed by atoms with van der Waals surface area (Å²) in [5, 5.41) is 0. The lowest BCUT2D eigenvalue weighted by Crippen LogP contribution is -2.55. The minimum Gasteiger partial charge on any atom is -0.472 e. The van der Waals surface area contributed by atoms with E-state index in [1.54, 1.807) is 12.1 Å². The summed E-state index contributed by atoms with van der Waals surface area (Å²) in [5.74, 6) is -0.165. The Balaban J connectivity index is 1.63. The van der Waals surface area contributed by atoms with Gasteiger partial charge in [-0.3, -0.25) is 0 Å². The number of aromatic nitrogens is 1. The first kappa shape index (κ1) is 18.2. The van der Waals surface area contributed by atoms with Crippen molar-refractivity contribution in [3.63, 3.8) is 0 Å². The van der Waals surface area contributed by atoms with Gasteiger partial charge in [0.15, 0.2) is 0 Å². The third-order valence-corrected chi connectivity index (χ3v) is 7.22. The van der Waals surface area contributed by atoms with Gasteiger partial charge in [0.05, 0.1) is 13.1 Å². The van der Waals surface area contributed by atoms with Gasteiger partial charge in [0.25, 0.3) is 10.0 Å². The van der Waals surface area contributed by atoms with Gasteiger partial charge < -0.3 is 4.74 Å². The minimum atomic E-state index is -4.55. The van der Waals surface area contributed by atoms with Crippen LogP contribution in [0, 0.1) is 0 Å². The van der Waals surface area contributed by atoms with Crippen molar-refractivity contribution in [1.29, 1.82) is 0 Å². The van der Waals surface area contributed by atoms with Crippen molar-refractivity contribution in [2.24, 2.45) is 0 Å². The molecule has 1 aliphatic rings. The van der Waals surface area contributed by atoms with Gasteiger partial charge in [0.1, 0.15) is 16.0 Å². The van der Waals surface area contributed by atoms with Gasteiger partial charge in [-0.25, -0.2) is 13.4 Å². The van der Waals surface area contributed by atoms with E-state index in [1.807, 2.05) is 6.92 Å². The number of hydrogen-bond acceptors (Lipinski definition) is 5. The summed E-state index contributed by atoms with van der Waals surface area (Å²) in [6, 6.07) is 6.72. The number of rotatable bonds is 5. The van der Waals surface area contributed by atoms with Crippen molar-refractivity contribution in [3.05, 3.63) is 40.9 Å². The molecule has 0 saturated carbocycles. The lowest BCUT2D eigenvalue weighted by molar-refractivity contribution is -0.141. The van der Waals surface area contributed by atoms with Gasteiger partial charge in [0, 0.05) is 10.9 Å². The fraction of sp³-hybridized carbons (Fsp3) is 0.400. The average Bonchev–Trinajstić information content (AvgIpc) is 2.99. The molecule has 0 aromatic carbocycles. The number of ether oxygens (including phenoxy) is 1. The van der Waals surface area contributed by atoms with Crippen LogP contribution in [0.25, 0.3) is 0 Å². The van der Waals surface area contributed by atoms with Crippen molar-refractivity contribution in [3.8, 4) is 5.88 Å². The Bertz CT molecular complexity index is 859. The number of halogens is 3. The molecule has 1 fully saturated rings. The average molecular weight is 392 g/mol. The predicted molar refractivity (Wildman–Crippen MR) is 86.1 cm³/mol. The van der Waals surface area contributed by atoms with Crippen LogP contribution in [0.2, 0.25) is 0 Å². The Labute approximate surface area is 147 Å². The monoisotopic (exact) mass is 392 g/mol. The molecule has 2 aromatic rings. The van der Waals surface area contributed by atoms with E-state index in [9.17, 15) is 21.6 Å². The van der Waals surface area contributed by atoms with E-state index in [1.165, 1.54) is 27.8 Å². The highest BCUT2D eigenvalue weighted by Crippen LogP contribution is 2.31. The largest absolute Gasteiger partial charge is 0.472 e. The first-order chi connectivity index (χ1) is 11.7. The molecule has 10 heteroatoms. The number of sulfonamides is 1. The maximum absolute atomic E-state index is 12.6. The zero-order chi connectivity index (χ0) is 18.2.